The van der Waals surface area contributed by atoms with Gasteiger partial charge in [-0.25, -0.2) is 4.79 Å². The molecule has 0 rings (SSSR count). The Morgan fingerprint density at radius 3 is 2.06 bits per heavy atom. The third-order valence-electron chi connectivity index (χ3n) is 1.68. The first-order valence-corrected chi connectivity index (χ1v) is 4.15. The van der Waals surface area contributed by atoms with Crippen LogP contribution in [0.4, 0.5) is 13.2 Å². The molecule has 0 aliphatic heterocycles. The fraction of sp³-hybridized carbons (Fsp3) is 0.556. The maximum absolute atomic E-state index is 12.3. The summed E-state index contributed by atoms with van der Waals surface area (Å²) in [5.41, 5.74) is -3.30. The van der Waals surface area contributed by atoms with Crippen molar-refractivity contribution in [3.05, 3.63) is 12.2 Å². The van der Waals surface area contributed by atoms with Gasteiger partial charge in [0, 0.05) is 18.0 Å². The van der Waals surface area contributed by atoms with E-state index < -0.39 is 35.7 Å². The van der Waals surface area contributed by atoms with Gasteiger partial charge in [0.15, 0.2) is 0 Å². The lowest BCUT2D eigenvalue weighted by Gasteiger charge is -2.27. The van der Waals surface area contributed by atoms with E-state index in [-0.39, 0.29) is 0 Å². The van der Waals surface area contributed by atoms with Crippen molar-refractivity contribution in [1.82, 2.24) is 0 Å². The van der Waals surface area contributed by atoms with E-state index in [2.05, 4.69) is 11.3 Å². The lowest BCUT2D eigenvalue weighted by Crippen LogP contribution is -2.43. The second-order valence-corrected chi connectivity index (χ2v) is 3.55. The van der Waals surface area contributed by atoms with Crippen molar-refractivity contribution in [1.29, 1.82) is 0 Å². The molecule has 0 N–H and O–H groups in total. The minimum absolute atomic E-state index is 0.600. The SMILES string of the molecule is C=C(CC(=O)[O-])C(=O)OC(C)(C)C(F)(F)F. The average molecular weight is 239 g/mol. The van der Waals surface area contributed by atoms with Crippen LogP contribution in [0.3, 0.4) is 0 Å². The van der Waals surface area contributed by atoms with Crippen LogP contribution < -0.4 is 5.11 Å². The normalized spacial score (nSPS) is 12.1. The number of carbonyl (C=O) groups is 2. The van der Waals surface area contributed by atoms with Crippen molar-refractivity contribution in [2.45, 2.75) is 32.0 Å². The van der Waals surface area contributed by atoms with Crippen LogP contribution in [0.5, 0.6) is 0 Å². The molecule has 16 heavy (non-hydrogen) atoms. The van der Waals surface area contributed by atoms with Gasteiger partial charge in [0.1, 0.15) is 0 Å². The van der Waals surface area contributed by atoms with Crippen LogP contribution in [-0.2, 0) is 14.3 Å². The molecule has 7 heteroatoms. The summed E-state index contributed by atoms with van der Waals surface area (Å²) in [5, 5.41) is 10.1. The Hall–Kier alpha value is -1.53. The summed E-state index contributed by atoms with van der Waals surface area (Å²) in [4.78, 5) is 21.1. The van der Waals surface area contributed by atoms with E-state index in [0.29, 0.717) is 13.8 Å². The molecule has 0 aliphatic rings. The first kappa shape index (κ1) is 14.5. The van der Waals surface area contributed by atoms with Crippen molar-refractivity contribution in [2.75, 3.05) is 0 Å². The number of ether oxygens (including phenoxy) is 1. The number of carbonyl (C=O) groups excluding carboxylic acids is 2. The minimum atomic E-state index is -4.75. The van der Waals surface area contributed by atoms with Gasteiger partial charge in [-0.05, 0) is 13.8 Å². The van der Waals surface area contributed by atoms with Gasteiger partial charge in [0.25, 0.3) is 0 Å². The van der Waals surface area contributed by atoms with Gasteiger partial charge in [-0.3, -0.25) is 0 Å². The Labute approximate surface area is 89.7 Å². The Kier molecular flexibility index (Phi) is 4.11. The number of halogens is 3. The fourth-order valence-electron chi connectivity index (χ4n) is 0.608. The van der Waals surface area contributed by atoms with E-state index in [9.17, 15) is 27.9 Å². The molecule has 0 aliphatic carbocycles. The Morgan fingerprint density at radius 1 is 1.31 bits per heavy atom. The molecular weight excluding hydrogens is 229 g/mol. The second-order valence-electron chi connectivity index (χ2n) is 3.55. The van der Waals surface area contributed by atoms with Crippen molar-refractivity contribution in [2.24, 2.45) is 0 Å². The molecular formula is C9H10F3O4-. The van der Waals surface area contributed by atoms with Gasteiger partial charge in [-0.15, -0.1) is 0 Å². The molecule has 0 unspecified atom stereocenters. The van der Waals surface area contributed by atoms with E-state index in [4.69, 9.17) is 0 Å². The monoisotopic (exact) mass is 239 g/mol. The van der Waals surface area contributed by atoms with E-state index in [1.54, 1.807) is 0 Å². The molecule has 0 atom stereocenters. The summed E-state index contributed by atoms with van der Waals surface area (Å²) in [6, 6.07) is 0. The Bertz CT molecular complexity index is 317. The van der Waals surface area contributed by atoms with Crippen molar-refractivity contribution in [3.63, 3.8) is 0 Å². The highest BCUT2D eigenvalue weighted by molar-refractivity contribution is 5.92. The smallest absolute Gasteiger partial charge is 0.427 e. The standard InChI is InChI=1S/C9H11F3O4/c1-5(4-6(13)14)7(15)16-8(2,3)9(10,11)12/h1,4H2,2-3H3,(H,13,14)/p-1. The molecule has 92 valence electrons. The number of alkyl halides is 3. The predicted molar refractivity (Wildman–Crippen MR) is 45.0 cm³/mol. The van der Waals surface area contributed by atoms with Crippen LogP contribution in [0.25, 0.3) is 0 Å². The number of carboxylic acid groups (broad SMARTS) is 1. The van der Waals surface area contributed by atoms with E-state index in [1.165, 1.54) is 0 Å². The first-order chi connectivity index (χ1) is 6.97. The van der Waals surface area contributed by atoms with Crippen LogP contribution in [0, 0.1) is 0 Å². The summed E-state index contributed by atoms with van der Waals surface area (Å²) < 4.78 is 41.0. The van der Waals surface area contributed by atoms with E-state index in [1.807, 2.05) is 0 Å². The summed E-state index contributed by atoms with van der Waals surface area (Å²) in [6.07, 6.45) is -5.61. The molecule has 0 spiro atoms. The molecule has 4 nitrogen and oxygen atoms in total. The molecule has 0 aromatic rings. The number of esters is 1. The Morgan fingerprint density at radius 2 is 1.75 bits per heavy atom. The molecule has 0 radical (unpaired) electrons. The zero-order valence-electron chi connectivity index (χ0n) is 8.68. The van der Waals surface area contributed by atoms with Crippen LogP contribution in [0.15, 0.2) is 12.2 Å². The summed E-state index contributed by atoms with van der Waals surface area (Å²) >= 11 is 0. The van der Waals surface area contributed by atoms with Gasteiger partial charge in [-0.1, -0.05) is 6.58 Å². The van der Waals surface area contributed by atoms with Crippen molar-refractivity contribution in [3.8, 4) is 0 Å². The van der Waals surface area contributed by atoms with Crippen LogP contribution in [0.2, 0.25) is 0 Å². The largest absolute Gasteiger partial charge is 0.550 e. The summed E-state index contributed by atoms with van der Waals surface area (Å²) in [6.45, 7) is 4.30. The average Bonchev–Trinajstić information content (AvgIpc) is 1.99. The first-order valence-electron chi connectivity index (χ1n) is 4.15. The number of rotatable bonds is 4. The predicted octanol–water partition coefficient (Wildman–Crippen LogP) is 0.567. The van der Waals surface area contributed by atoms with Crippen molar-refractivity contribution >= 4 is 11.9 Å². The van der Waals surface area contributed by atoms with Gasteiger partial charge in [0.2, 0.25) is 5.60 Å². The fourth-order valence-corrected chi connectivity index (χ4v) is 0.608. The number of carboxylic acids is 1. The summed E-state index contributed by atoms with van der Waals surface area (Å²) in [7, 11) is 0. The van der Waals surface area contributed by atoms with Crippen LogP contribution in [-0.4, -0.2) is 23.7 Å². The Balaban J connectivity index is 4.58. The quantitative estimate of drug-likeness (QED) is 0.531. The van der Waals surface area contributed by atoms with E-state index in [0.717, 1.165) is 0 Å². The zero-order valence-corrected chi connectivity index (χ0v) is 8.68. The number of aliphatic carboxylic acids is 1. The molecule has 0 heterocycles. The maximum atomic E-state index is 12.3. The number of hydrogen-bond donors (Lipinski definition) is 0. The molecule has 0 saturated heterocycles. The maximum Gasteiger partial charge on any atom is 0.427 e. The molecule has 0 saturated carbocycles. The molecule has 0 aromatic carbocycles. The molecule has 0 bridgehead atoms. The summed E-state index contributed by atoms with van der Waals surface area (Å²) in [5.74, 6) is -3.03. The van der Waals surface area contributed by atoms with Crippen LogP contribution in [0.1, 0.15) is 20.3 Å². The van der Waals surface area contributed by atoms with Gasteiger partial charge in [0.05, 0.1) is 0 Å². The number of hydrogen-bond acceptors (Lipinski definition) is 4. The lowest BCUT2D eigenvalue weighted by molar-refractivity contribution is -0.304. The third kappa shape index (κ3) is 3.92. The second kappa shape index (κ2) is 4.54. The third-order valence-corrected chi connectivity index (χ3v) is 1.68. The van der Waals surface area contributed by atoms with Crippen LogP contribution >= 0.6 is 0 Å². The molecule has 0 amide bonds. The minimum Gasteiger partial charge on any atom is -0.550 e. The lowest BCUT2D eigenvalue weighted by atomic mass is 10.1. The van der Waals surface area contributed by atoms with E-state index >= 15 is 0 Å². The van der Waals surface area contributed by atoms with Gasteiger partial charge < -0.3 is 14.6 Å². The highest BCUT2D eigenvalue weighted by Gasteiger charge is 2.50. The highest BCUT2D eigenvalue weighted by Crippen LogP contribution is 2.33. The molecule has 0 aromatic heterocycles. The highest BCUT2D eigenvalue weighted by atomic mass is 19.4. The zero-order chi connectivity index (χ0) is 13.1. The van der Waals surface area contributed by atoms with Gasteiger partial charge >= 0.3 is 12.1 Å². The molecule has 0 fully saturated rings. The topological polar surface area (TPSA) is 66.4 Å². The van der Waals surface area contributed by atoms with Crippen molar-refractivity contribution < 1.29 is 32.6 Å². The van der Waals surface area contributed by atoms with Gasteiger partial charge in [-0.2, -0.15) is 13.2 Å².